The van der Waals surface area contributed by atoms with Crippen LogP contribution in [0.3, 0.4) is 0 Å². The quantitative estimate of drug-likeness (QED) is 0.0222. The van der Waals surface area contributed by atoms with E-state index in [9.17, 15) is 38.2 Å². The molecule has 11 rings (SSSR count). The molecule has 0 spiro atoms. The van der Waals surface area contributed by atoms with Crippen molar-refractivity contribution in [3.8, 4) is 23.3 Å². The van der Waals surface area contributed by atoms with Crippen LogP contribution in [0.2, 0.25) is 15.1 Å². The SMILES string of the molecule is COc1cc(C(=O)NCCNc2ccc(S(=O)(=O)NC(=O)c3ccc(N4CCN(CC5=C(c6ccc(Cl)cc6)CC(C)(C)CC5)CC4)cc3Oc3cnc4[nH]ccc4c3)cc2[N+](=O)[O-])ccc1NC(=O)[C@@H]1N[C@@H](CC(C)(C)C)[C@](C#N)(c2ccc(Cl)cc2F)[C@H]1c1cccc(Cl)c1F. The van der Waals surface area contributed by atoms with E-state index < -0.39 is 83.7 Å². The standard InChI is InChI=1S/C72H72Cl3F2N11O9S/c1-70(2,3)38-62-72(41-78,54-19-15-47(74)34-56(54)76)63(52-8-7-9-55(75)64(52)77)65(84-62)69(91)83-58-20-12-44(33-61(58)96-6)67(89)81-27-26-79-57-21-17-50(36-59(57)88(92)93)98(94,95)85-68(90)51-18-16-48(35-60(51)97-49-32-43-23-25-80-66(43)82-39-49)87-30-28-86(29-31-87)40-45-22-24-71(4,5)37-53(45)42-10-13-46(73)14-11-42/h7-21,23,25,32-36,39,62-63,65,79,84H,22,24,26-31,37-38,40H2,1-6H3,(H,80,82)(H,81,89)(H,83,91)(H,85,90)/t62-,63-,65+,72-/m0/s1. The first kappa shape index (κ1) is 70.2. The van der Waals surface area contributed by atoms with Crippen LogP contribution in [-0.4, -0.2) is 111 Å². The molecule has 3 amide bonds. The second-order valence-corrected chi connectivity index (χ2v) is 29.7. The van der Waals surface area contributed by atoms with E-state index in [1.807, 2.05) is 32.9 Å². The number of allylic oxidation sites excluding steroid dienone is 1. The van der Waals surface area contributed by atoms with Gasteiger partial charge in [0.15, 0.2) is 0 Å². The number of nitro groups is 1. The van der Waals surface area contributed by atoms with Crippen LogP contribution in [0.25, 0.3) is 16.6 Å². The van der Waals surface area contributed by atoms with Crippen LogP contribution in [0.15, 0.2) is 150 Å². The van der Waals surface area contributed by atoms with E-state index in [4.69, 9.17) is 44.3 Å². The van der Waals surface area contributed by atoms with Crippen molar-refractivity contribution in [2.75, 3.05) is 68.5 Å². The highest BCUT2D eigenvalue weighted by Crippen LogP contribution is 2.53. The Bertz CT molecular complexity index is 4610. The van der Waals surface area contributed by atoms with E-state index in [1.54, 1.807) is 30.5 Å². The summed E-state index contributed by atoms with van der Waals surface area (Å²) in [7, 11) is -3.46. The lowest BCUT2D eigenvalue weighted by atomic mass is 9.62. The van der Waals surface area contributed by atoms with Crippen LogP contribution < -0.4 is 40.4 Å². The highest BCUT2D eigenvalue weighted by Gasteiger charge is 2.61. The summed E-state index contributed by atoms with van der Waals surface area (Å²) >= 11 is 18.8. The molecule has 2 fully saturated rings. The average molecular weight is 1410 g/mol. The maximum Gasteiger partial charge on any atom is 0.293 e. The molecule has 1 aliphatic carbocycles. The van der Waals surface area contributed by atoms with E-state index in [0.29, 0.717) is 23.8 Å². The first-order valence-electron chi connectivity index (χ1n) is 31.8. The van der Waals surface area contributed by atoms with Gasteiger partial charge < -0.3 is 40.6 Å². The Morgan fingerprint density at radius 1 is 0.867 bits per heavy atom. The Morgan fingerprint density at radius 2 is 1.61 bits per heavy atom. The summed E-state index contributed by atoms with van der Waals surface area (Å²) in [6.07, 6.45) is 6.50. The maximum absolute atomic E-state index is 16.3. The predicted octanol–water partition coefficient (Wildman–Crippen LogP) is 14.2. The summed E-state index contributed by atoms with van der Waals surface area (Å²) in [5.41, 5.74) is 2.20. The molecule has 2 aliphatic heterocycles. The molecule has 4 atom stereocenters. The van der Waals surface area contributed by atoms with E-state index in [2.05, 4.69) is 77.8 Å². The van der Waals surface area contributed by atoms with Gasteiger partial charge in [-0.3, -0.25) is 29.4 Å². The number of nitriles is 1. The van der Waals surface area contributed by atoms with Crippen LogP contribution in [0.1, 0.15) is 104 Å². The third kappa shape index (κ3) is 15.3. The molecule has 8 aromatic rings. The summed E-state index contributed by atoms with van der Waals surface area (Å²) < 4.78 is 74.7. The van der Waals surface area contributed by atoms with Crippen LogP contribution in [-0.2, 0) is 20.2 Å². The van der Waals surface area contributed by atoms with Crippen molar-refractivity contribution in [1.82, 2.24) is 30.2 Å². The van der Waals surface area contributed by atoms with Crippen molar-refractivity contribution < 1.29 is 46.0 Å². The number of hydrogen-bond donors (Lipinski definition) is 6. The van der Waals surface area contributed by atoms with Gasteiger partial charge in [-0.15, -0.1) is 0 Å². The molecule has 20 nitrogen and oxygen atoms in total. The largest absolute Gasteiger partial charge is 0.495 e. The predicted molar refractivity (Wildman–Crippen MR) is 375 cm³/mol. The second kappa shape index (κ2) is 28.7. The van der Waals surface area contributed by atoms with Gasteiger partial charge in [0.2, 0.25) is 5.91 Å². The molecule has 0 bridgehead atoms. The highest BCUT2D eigenvalue weighted by molar-refractivity contribution is 7.90. The Balaban J connectivity index is 0.747. The number of carbonyl (C=O) groups excluding carboxylic acids is 3. The van der Waals surface area contributed by atoms with Crippen LogP contribution in [0.4, 0.5) is 31.5 Å². The molecule has 98 heavy (non-hydrogen) atoms. The number of sulfonamides is 1. The lowest BCUT2D eigenvalue weighted by Gasteiger charge is -2.39. The fourth-order valence-electron chi connectivity index (χ4n) is 13.4. The molecular weight excluding hydrogens is 1340 g/mol. The Hall–Kier alpha value is -9.15. The van der Waals surface area contributed by atoms with Crippen molar-refractivity contribution in [2.24, 2.45) is 10.8 Å². The minimum atomic E-state index is -4.77. The number of halogens is 5. The van der Waals surface area contributed by atoms with Gasteiger partial charge in [-0.25, -0.2) is 26.9 Å². The topological polar surface area (TPSA) is 266 Å². The zero-order chi connectivity index (χ0) is 70.0. The number of H-pyrrole nitrogens is 1. The molecule has 26 heteroatoms. The number of aromatic nitrogens is 2. The number of rotatable bonds is 21. The number of pyridine rings is 1. The Morgan fingerprint density at radius 3 is 2.33 bits per heavy atom. The first-order chi connectivity index (χ1) is 46.6. The highest BCUT2D eigenvalue weighted by atomic mass is 35.5. The molecule has 3 aliphatic rings. The lowest BCUT2D eigenvalue weighted by Crippen LogP contribution is -2.47. The summed E-state index contributed by atoms with van der Waals surface area (Å²) in [4.78, 5) is 65.8. The number of nitrogens with zero attached hydrogens (tertiary/aromatic N) is 5. The number of carbonyl (C=O) groups is 3. The third-order valence-corrected chi connectivity index (χ3v) is 20.3. The molecule has 0 saturated carbocycles. The van der Waals surface area contributed by atoms with Gasteiger partial charge in [0.1, 0.15) is 45.6 Å². The van der Waals surface area contributed by atoms with E-state index in [0.717, 1.165) is 68.2 Å². The number of benzene rings is 6. The number of fused-ring (bicyclic) bond motifs is 1. The molecule has 2 saturated heterocycles. The smallest absolute Gasteiger partial charge is 0.293 e. The summed E-state index contributed by atoms with van der Waals surface area (Å²) in [6, 6.07) is 31.8. The van der Waals surface area contributed by atoms with E-state index >= 15 is 8.78 Å². The molecule has 6 aromatic carbocycles. The maximum atomic E-state index is 16.3. The van der Waals surface area contributed by atoms with Gasteiger partial charge in [-0.1, -0.05) is 105 Å². The number of anilines is 3. The Kier molecular flexibility index (Phi) is 20.6. The monoisotopic (exact) mass is 1410 g/mol. The van der Waals surface area contributed by atoms with Crippen molar-refractivity contribution in [3.63, 3.8) is 0 Å². The number of methoxy groups -OCH3 is 1. The average Bonchev–Trinajstić information content (AvgIpc) is 1.54. The summed E-state index contributed by atoms with van der Waals surface area (Å²) in [5, 5.41) is 36.7. The minimum absolute atomic E-state index is 0.0314. The number of nitro benzene ring substituents is 1. The fourth-order valence-corrected chi connectivity index (χ4v) is 14.8. The van der Waals surface area contributed by atoms with Gasteiger partial charge in [0.25, 0.3) is 27.5 Å². The minimum Gasteiger partial charge on any atom is -0.495 e. The van der Waals surface area contributed by atoms with Gasteiger partial charge in [0, 0.05) is 108 Å². The fraction of sp³-hybridized carbons (Fsp3) is 0.319. The number of aromatic amines is 1. The van der Waals surface area contributed by atoms with Gasteiger partial charge >= 0.3 is 0 Å². The molecule has 510 valence electrons. The number of nitrogens with one attached hydrogen (secondary N) is 6. The number of piperazine rings is 1. The van der Waals surface area contributed by atoms with Crippen molar-refractivity contribution >= 4 is 102 Å². The van der Waals surface area contributed by atoms with Crippen LogP contribution in [0.5, 0.6) is 17.2 Å². The van der Waals surface area contributed by atoms with E-state index in [1.165, 1.54) is 90.7 Å². The van der Waals surface area contributed by atoms with Crippen molar-refractivity contribution in [3.05, 3.63) is 210 Å². The van der Waals surface area contributed by atoms with Gasteiger partial charge in [-0.05, 0) is 138 Å². The van der Waals surface area contributed by atoms with Crippen LogP contribution in [0, 0.1) is 43.9 Å². The molecule has 0 unspecified atom stereocenters. The van der Waals surface area contributed by atoms with Crippen molar-refractivity contribution in [2.45, 2.75) is 88.6 Å². The normalized spacial score (nSPS) is 18.8. The first-order valence-corrected chi connectivity index (χ1v) is 34.4. The molecule has 4 heterocycles. The molecular formula is C72H72Cl3F2N11O9S. The van der Waals surface area contributed by atoms with Gasteiger partial charge in [0.05, 0.1) is 51.5 Å². The zero-order valence-electron chi connectivity index (χ0n) is 54.5. The summed E-state index contributed by atoms with van der Waals surface area (Å²) in [6.45, 7) is 13.8. The number of hydrogen-bond acceptors (Lipinski definition) is 15. The molecule has 2 aromatic heterocycles. The Labute approximate surface area is 581 Å². The van der Waals surface area contributed by atoms with Crippen molar-refractivity contribution in [1.29, 1.82) is 5.26 Å². The molecule has 6 N–H and O–H groups in total. The third-order valence-electron chi connectivity index (χ3n) is 18.2. The van der Waals surface area contributed by atoms with Gasteiger partial charge in [-0.2, -0.15) is 5.26 Å². The summed E-state index contributed by atoms with van der Waals surface area (Å²) in [5.74, 6) is -5.15. The molecule has 0 radical (unpaired) electrons. The lowest BCUT2D eigenvalue weighted by molar-refractivity contribution is -0.384. The van der Waals surface area contributed by atoms with Crippen LogP contribution >= 0.6 is 34.8 Å². The van der Waals surface area contributed by atoms with E-state index in [-0.39, 0.29) is 85.8 Å². The number of ether oxygens (including phenoxy) is 2. The number of amides is 3. The zero-order valence-corrected chi connectivity index (χ0v) is 57.6. The second-order valence-electron chi connectivity index (χ2n) is 26.7.